The number of carboxylic acid groups (broad SMARTS) is 1. The van der Waals surface area contributed by atoms with Gasteiger partial charge in [-0.25, -0.2) is 4.79 Å². The highest BCUT2D eigenvalue weighted by molar-refractivity contribution is 6.08. The molecule has 18 heavy (non-hydrogen) atoms. The zero-order chi connectivity index (χ0) is 13.3. The summed E-state index contributed by atoms with van der Waals surface area (Å²) in [4.78, 5) is 22.3. The molecule has 0 atom stereocenters. The van der Waals surface area contributed by atoms with Gasteiger partial charge in [0.2, 0.25) is 0 Å². The third kappa shape index (κ3) is 1.73. The Labute approximate surface area is 104 Å². The van der Waals surface area contributed by atoms with Crippen molar-refractivity contribution in [1.82, 2.24) is 4.57 Å². The van der Waals surface area contributed by atoms with E-state index in [1.54, 1.807) is 25.2 Å². The zero-order valence-electron chi connectivity index (χ0n) is 10.1. The number of ether oxygens (including phenoxy) is 1. The van der Waals surface area contributed by atoms with Crippen LogP contribution in [0.2, 0.25) is 0 Å². The molecule has 94 valence electrons. The lowest BCUT2D eigenvalue weighted by atomic mass is 10.1. The summed E-state index contributed by atoms with van der Waals surface area (Å²) in [6, 6.07) is 5.20. The number of nitrogens with zero attached hydrogens (tertiary/aromatic N) is 1. The van der Waals surface area contributed by atoms with Gasteiger partial charge in [-0.2, -0.15) is 0 Å². The van der Waals surface area contributed by atoms with Gasteiger partial charge in [0.05, 0.1) is 12.2 Å². The van der Waals surface area contributed by atoms with E-state index in [1.165, 1.54) is 4.57 Å². The summed E-state index contributed by atoms with van der Waals surface area (Å²) in [7, 11) is 1.62. The van der Waals surface area contributed by atoms with E-state index in [2.05, 4.69) is 0 Å². The maximum Gasteiger partial charge on any atom is 0.353 e. The first kappa shape index (κ1) is 12.2. The van der Waals surface area contributed by atoms with Gasteiger partial charge >= 0.3 is 5.97 Å². The van der Waals surface area contributed by atoms with Crippen LogP contribution in [-0.4, -0.2) is 28.5 Å². The van der Waals surface area contributed by atoms with Gasteiger partial charge < -0.3 is 14.4 Å². The lowest BCUT2D eigenvalue weighted by molar-refractivity contribution is 0.0684. The quantitative estimate of drug-likeness (QED) is 0.840. The number of fused-ring (bicyclic) bond motifs is 1. The van der Waals surface area contributed by atoms with Gasteiger partial charge in [0.1, 0.15) is 11.4 Å². The number of aldehydes is 1. The summed E-state index contributed by atoms with van der Waals surface area (Å²) in [5, 5.41) is 9.73. The van der Waals surface area contributed by atoms with Gasteiger partial charge in [-0.3, -0.25) is 4.79 Å². The number of benzene rings is 1. The zero-order valence-corrected chi connectivity index (χ0v) is 10.1. The Bertz CT molecular complexity index is 627. The molecule has 1 aromatic carbocycles. The fourth-order valence-corrected chi connectivity index (χ4v) is 2.09. The monoisotopic (exact) mass is 247 g/mol. The molecule has 5 nitrogen and oxygen atoms in total. The molecule has 2 aromatic rings. The van der Waals surface area contributed by atoms with Gasteiger partial charge in [0.15, 0.2) is 6.29 Å². The molecule has 0 saturated heterocycles. The average Bonchev–Trinajstić information content (AvgIpc) is 2.62. The Kier molecular flexibility index (Phi) is 3.06. The molecule has 0 radical (unpaired) electrons. The fourth-order valence-electron chi connectivity index (χ4n) is 2.09. The standard InChI is InChI=1S/C13H13NO4/c1-3-18-8-4-5-11-9(6-8)10(7-15)12(13(16)17)14(11)2/h4-7H,3H2,1-2H3,(H,16,17). The number of carboxylic acids is 1. The minimum absolute atomic E-state index is 0.00588. The van der Waals surface area contributed by atoms with Gasteiger partial charge in [0.25, 0.3) is 0 Å². The highest BCUT2D eigenvalue weighted by atomic mass is 16.5. The molecular weight excluding hydrogens is 234 g/mol. The average molecular weight is 247 g/mol. The maximum atomic E-state index is 11.2. The summed E-state index contributed by atoms with van der Waals surface area (Å²) < 4.78 is 6.85. The van der Waals surface area contributed by atoms with E-state index in [9.17, 15) is 9.59 Å². The molecule has 0 fully saturated rings. The van der Waals surface area contributed by atoms with E-state index in [4.69, 9.17) is 9.84 Å². The Morgan fingerprint density at radius 2 is 2.22 bits per heavy atom. The molecule has 0 amide bonds. The predicted molar refractivity (Wildman–Crippen MR) is 66.4 cm³/mol. The van der Waals surface area contributed by atoms with Crippen LogP contribution in [0.4, 0.5) is 0 Å². The first-order valence-electron chi connectivity index (χ1n) is 5.53. The van der Waals surface area contributed by atoms with Gasteiger partial charge in [-0.05, 0) is 25.1 Å². The number of carbonyl (C=O) groups is 2. The molecule has 0 aliphatic carbocycles. The molecule has 2 rings (SSSR count). The van der Waals surface area contributed by atoms with Gasteiger partial charge in [-0.15, -0.1) is 0 Å². The first-order valence-corrected chi connectivity index (χ1v) is 5.53. The second-order valence-corrected chi connectivity index (χ2v) is 3.86. The van der Waals surface area contributed by atoms with Crippen molar-refractivity contribution in [3.8, 4) is 5.75 Å². The summed E-state index contributed by atoms with van der Waals surface area (Å²) in [6.07, 6.45) is 0.571. The molecule has 1 N–H and O–H groups in total. The molecule has 1 aromatic heterocycles. The fraction of sp³-hybridized carbons (Fsp3) is 0.231. The van der Waals surface area contributed by atoms with Crippen molar-refractivity contribution in [2.24, 2.45) is 7.05 Å². The minimum Gasteiger partial charge on any atom is -0.494 e. The Balaban J connectivity index is 2.77. The van der Waals surface area contributed by atoms with Crippen LogP contribution in [0.15, 0.2) is 18.2 Å². The summed E-state index contributed by atoms with van der Waals surface area (Å²) in [5.41, 5.74) is 0.869. The highest BCUT2D eigenvalue weighted by Gasteiger charge is 2.20. The molecule has 5 heteroatoms. The SMILES string of the molecule is CCOc1ccc2c(c1)c(C=O)c(C(=O)O)n2C. The van der Waals surface area contributed by atoms with E-state index in [-0.39, 0.29) is 11.3 Å². The lowest BCUT2D eigenvalue weighted by Crippen LogP contribution is -2.06. The lowest BCUT2D eigenvalue weighted by Gasteiger charge is -2.03. The summed E-state index contributed by atoms with van der Waals surface area (Å²) >= 11 is 0. The van der Waals surface area contributed by atoms with E-state index < -0.39 is 5.97 Å². The van der Waals surface area contributed by atoms with Crippen molar-refractivity contribution in [1.29, 1.82) is 0 Å². The second kappa shape index (κ2) is 4.52. The van der Waals surface area contributed by atoms with Crippen LogP contribution in [0, 0.1) is 0 Å². The number of hydrogen-bond acceptors (Lipinski definition) is 3. The smallest absolute Gasteiger partial charge is 0.353 e. The number of carbonyl (C=O) groups excluding carboxylic acids is 1. The van der Waals surface area contributed by atoms with Crippen LogP contribution in [0.1, 0.15) is 27.8 Å². The van der Waals surface area contributed by atoms with E-state index in [0.29, 0.717) is 29.5 Å². The number of hydrogen-bond donors (Lipinski definition) is 1. The molecule has 1 heterocycles. The third-order valence-corrected chi connectivity index (χ3v) is 2.84. The molecule has 0 aliphatic heterocycles. The van der Waals surface area contributed by atoms with Crippen LogP contribution in [0.25, 0.3) is 10.9 Å². The van der Waals surface area contributed by atoms with E-state index in [1.807, 2.05) is 6.92 Å². The molecule has 0 saturated carbocycles. The minimum atomic E-state index is -1.12. The molecule has 0 unspecified atom stereocenters. The van der Waals surface area contributed by atoms with Crippen molar-refractivity contribution in [3.63, 3.8) is 0 Å². The molecular formula is C13H13NO4. The number of aryl methyl sites for hydroxylation is 1. The number of rotatable bonds is 4. The van der Waals surface area contributed by atoms with Gasteiger partial charge in [0, 0.05) is 18.0 Å². The molecule has 0 bridgehead atoms. The Morgan fingerprint density at radius 1 is 1.50 bits per heavy atom. The van der Waals surface area contributed by atoms with E-state index in [0.717, 1.165) is 0 Å². The predicted octanol–water partition coefficient (Wildman–Crippen LogP) is 2.09. The van der Waals surface area contributed by atoms with E-state index >= 15 is 0 Å². The van der Waals surface area contributed by atoms with Crippen LogP contribution in [-0.2, 0) is 7.05 Å². The topological polar surface area (TPSA) is 68.5 Å². The first-order chi connectivity index (χ1) is 8.60. The van der Waals surface area contributed by atoms with Crippen molar-refractivity contribution in [2.45, 2.75) is 6.92 Å². The Morgan fingerprint density at radius 3 is 2.78 bits per heavy atom. The highest BCUT2D eigenvalue weighted by Crippen LogP contribution is 2.28. The summed E-state index contributed by atoms with van der Waals surface area (Å²) in [6.45, 7) is 2.37. The molecule has 0 aliphatic rings. The third-order valence-electron chi connectivity index (χ3n) is 2.84. The normalized spacial score (nSPS) is 10.6. The van der Waals surface area contributed by atoms with Crippen molar-refractivity contribution in [3.05, 3.63) is 29.5 Å². The van der Waals surface area contributed by atoms with Crippen molar-refractivity contribution in [2.75, 3.05) is 6.61 Å². The molecule has 0 spiro atoms. The van der Waals surface area contributed by atoms with Crippen LogP contribution in [0.3, 0.4) is 0 Å². The van der Waals surface area contributed by atoms with Crippen LogP contribution < -0.4 is 4.74 Å². The maximum absolute atomic E-state index is 11.2. The van der Waals surface area contributed by atoms with Crippen LogP contribution in [0.5, 0.6) is 5.75 Å². The number of aromatic nitrogens is 1. The van der Waals surface area contributed by atoms with Crippen LogP contribution >= 0.6 is 0 Å². The summed E-state index contributed by atoms with van der Waals surface area (Å²) in [5.74, 6) is -0.496. The second-order valence-electron chi connectivity index (χ2n) is 3.86. The van der Waals surface area contributed by atoms with Crippen molar-refractivity contribution >= 4 is 23.2 Å². The van der Waals surface area contributed by atoms with Crippen molar-refractivity contribution < 1.29 is 19.4 Å². The largest absolute Gasteiger partial charge is 0.494 e. The Hall–Kier alpha value is -2.30. The number of aromatic carboxylic acids is 1. The van der Waals surface area contributed by atoms with Gasteiger partial charge in [-0.1, -0.05) is 0 Å².